The molecule has 0 aromatic rings. The molecule has 0 amide bonds. The van der Waals surface area contributed by atoms with Crippen LogP contribution in [0.25, 0.3) is 16.0 Å². The fourth-order valence-electron chi connectivity index (χ4n) is 0. The minimum atomic E-state index is 0. The molecule has 11 nitrogen and oxygen atoms in total. The summed E-state index contributed by atoms with van der Waals surface area (Å²) in [7, 11) is 0. The number of hydrogen-bond donors (Lipinski definition) is 0. The molecule has 0 saturated carbocycles. The Kier molecular flexibility index (Phi) is 3670. The van der Waals surface area contributed by atoms with Crippen molar-refractivity contribution in [2.45, 2.75) is 0 Å². The van der Waals surface area contributed by atoms with E-state index in [9.17, 15) is 0 Å². The zero-order valence-corrected chi connectivity index (χ0v) is 32.0. The van der Waals surface area contributed by atoms with Crippen LogP contribution in [-0.4, -0.2) is 0 Å². The van der Waals surface area contributed by atoms with Crippen molar-refractivity contribution in [2.75, 3.05) is 0 Å². The smallest absolute Gasteiger partial charge is 0.512 e. The molecule has 0 aromatic carbocycles. The first kappa shape index (κ1) is 116. The first-order valence-corrected chi connectivity index (χ1v) is 2.19. The summed E-state index contributed by atoms with van der Waals surface area (Å²) in [5.41, 5.74) is 13.5. The Morgan fingerprint density at radius 1 is 0.360 bits per heavy atom. The first-order chi connectivity index (χ1) is 9.41. The van der Waals surface area contributed by atoms with Gasteiger partial charge in [-0.15, -0.1) is 0 Å². The van der Waals surface area contributed by atoms with Crippen molar-refractivity contribution >= 4 is 0 Å². The third kappa shape index (κ3) is 1140. The normalized spacial score (nSPS) is 0.960. The van der Waals surface area contributed by atoms with Crippen LogP contribution >= 0.6 is 0 Å². The van der Waals surface area contributed by atoms with Gasteiger partial charge in [-0.05, 0) is 0 Å². The second kappa shape index (κ2) is 793. The molecule has 0 rings (SSSR count). The van der Waals surface area contributed by atoms with E-state index in [1.54, 1.807) is 0 Å². The molecule has 0 aliphatic rings. The molecule has 0 saturated heterocycles. The molecule has 98 valence electrons. The molecular formula is C8K5MoN11. The Bertz CT molecular complexity index is 217. The molecule has 0 aromatic heterocycles. The third-order valence-corrected chi connectivity index (χ3v) is 0. The van der Waals surface area contributed by atoms with E-state index in [2.05, 4.69) is 0 Å². The SMILES string of the molecule is [C-]#N.[C-]#N.[C-]#N.[C-]#N.[C-]#N.[C-]#N.[C-]#N.[C-]#N.[K+].[K+].[K+].[K+].[K+].[Mo+4].[N-]=[N+]=[N-]. The first-order valence-electron chi connectivity index (χ1n) is 2.19. The van der Waals surface area contributed by atoms with Crippen LogP contribution < -0.4 is 257 Å². The molecule has 0 aliphatic heterocycles. The van der Waals surface area contributed by atoms with Gasteiger partial charge in [0.1, 0.15) is 0 Å². The largest absolute Gasteiger partial charge is 4.00 e. The predicted octanol–water partition coefficient (Wildman–Crippen LogP) is -13.3. The molecule has 0 atom stereocenters. The maximum absolute atomic E-state index is 6.75. The third-order valence-electron chi connectivity index (χ3n) is 0. The van der Waals surface area contributed by atoms with Crippen LogP contribution in [0.15, 0.2) is 0 Å². The summed E-state index contributed by atoms with van der Waals surface area (Å²) in [4.78, 5) is 1.50. The van der Waals surface area contributed by atoms with Gasteiger partial charge in [0.25, 0.3) is 0 Å². The van der Waals surface area contributed by atoms with Crippen molar-refractivity contribution in [3.63, 3.8) is 0 Å². The fraction of sp³-hybridized carbons (Fsp3) is 0. The van der Waals surface area contributed by atoms with Gasteiger partial charge in [-0.25, -0.2) is 0 Å². The molecule has 0 radical (unpaired) electrons. The quantitative estimate of drug-likeness (QED) is 0.0933. The topological polar surface area (TPSA) is 249 Å². The minimum Gasteiger partial charge on any atom is -0.512 e. The van der Waals surface area contributed by atoms with Gasteiger partial charge in [0, 0.05) is 0 Å². The summed E-state index contributed by atoms with van der Waals surface area (Å²) >= 11 is 0. The Labute approximate surface area is 376 Å². The average Bonchev–Trinajstić information content (AvgIpc) is 2.62. The van der Waals surface area contributed by atoms with Crippen LogP contribution in [0.3, 0.4) is 0 Å². The molecule has 0 heterocycles. The molecule has 25 heavy (non-hydrogen) atoms. The number of nitrogens with zero attached hydrogens (tertiary/aromatic N) is 11. The van der Waals surface area contributed by atoms with Crippen molar-refractivity contribution in [2.24, 2.45) is 0 Å². The summed E-state index contributed by atoms with van der Waals surface area (Å²) in [6, 6.07) is 0. The van der Waals surface area contributed by atoms with Crippen LogP contribution in [0.1, 0.15) is 0 Å². The second-order valence-electron chi connectivity index (χ2n) is 0.0894. The fourth-order valence-corrected chi connectivity index (χ4v) is 0. The molecule has 0 unspecified atom stereocenters. The van der Waals surface area contributed by atoms with Gasteiger partial charge >= 0.3 is 278 Å². The van der Waals surface area contributed by atoms with Crippen molar-refractivity contribution in [3.05, 3.63) is 68.6 Å². The minimum absolute atomic E-state index is 0. The van der Waals surface area contributed by atoms with Crippen LogP contribution in [0.4, 0.5) is 0 Å². The molecular weight excluding hydrogens is 542 g/mol. The van der Waals surface area contributed by atoms with Gasteiger partial charge in [0.05, 0.1) is 0 Å². The summed E-state index contributed by atoms with van der Waals surface area (Å²) in [5.74, 6) is 0. The Morgan fingerprint density at radius 2 is 0.360 bits per heavy atom. The van der Waals surface area contributed by atoms with Crippen molar-refractivity contribution in [1.29, 1.82) is 42.1 Å². The standard InChI is InChI=1S/8CN.5K.Mo.N3/c8*1-2;;;;;;;1-3-2/q8*-1;5*+1;+4;-1. The van der Waals surface area contributed by atoms with E-state index in [0.29, 0.717) is 0 Å². The molecule has 0 aliphatic carbocycles. The van der Waals surface area contributed by atoms with E-state index < -0.39 is 0 Å². The zero-order chi connectivity index (χ0) is 18.7. The van der Waals surface area contributed by atoms with Gasteiger partial charge in [-0.2, -0.15) is 0 Å². The van der Waals surface area contributed by atoms with Crippen LogP contribution in [0, 0.1) is 94.7 Å². The summed E-state index contributed by atoms with van der Waals surface area (Å²) in [6.45, 7) is 38.0. The molecule has 17 heteroatoms. The Hall–Kier alpha value is 4.10. The van der Waals surface area contributed by atoms with E-state index in [0.717, 1.165) is 0 Å². The summed E-state index contributed by atoms with van der Waals surface area (Å²) in [5, 5.41) is 50.0. The van der Waals surface area contributed by atoms with Gasteiger partial charge in [0.15, 0.2) is 0 Å². The molecule has 0 N–H and O–H groups in total. The van der Waals surface area contributed by atoms with E-state index in [1.165, 1.54) is 4.91 Å². The molecule has 0 bridgehead atoms. The predicted molar refractivity (Wildman–Crippen MR) is 49.8 cm³/mol. The van der Waals surface area contributed by atoms with E-state index in [1.807, 2.05) is 0 Å². The van der Waals surface area contributed by atoms with Crippen molar-refractivity contribution in [1.82, 2.24) is 0 Å². The van der Waals surface area contributed by atoms with Gasteiger partial charge in [-0.1, -0.05) is 0 Å². The summed E-state index contributed by atoms with van der Waals surface area (Å²) in [6.07, 6.45) is 0. The average molecular weight is 542 g/mol. The van der Waals surface area contributed by atoms with E-state index in [4.69, 9.17) is 106 Å². The van der Waals surface area contributed by atoms with Gasteiger partial charge in [-0.3, -0.25) is 4.91 Å². The molecule has 0 spiro atoms. The van der Waals surface area contributed by atoms with E-state index in [-0.39, 0.29) is 278 Å². The maximum atomic E-state index is 6.75. The maximum Gasteiger partial charge on any atom is 4.00 e. The number of hydrogen-bond acceptors (Lipinski definition) is 8. The van der Waals surface area contributed by atoms with Gasteiger partial charge < -0.3 is 106 Å². The van der Waals surface area contributed by atoms with Gasteiger partial charge in [0.2, 0.25) is 0 Å². The zero-order valence-electron chi connectivity index (χ0n) is 14.3. The van der Waals surface area contributed by atoms with Crippen LogP contribution in [0.2, 0.25) is 0 Å². The van der Waals surface area contributed by atoms with Crippen LogP contribution in [-0.2, 0) is 21.1 Å². The monoisotopic (exact) mass is 543 g/mol. The van der Waals surface area contributed by atoms with Crippen LogP contribution in [0.5, 0.6) is 0 Å². The Balaban J connectivity index is -0.00000000337. The second-order valence-corrected chi connectivity index (χ2v) is 0.0894. The summed E-state index contributed by atoms with van der Waals surface area (Å²) < 4.78 is 0. The van der Waals surface area contributed by atoms with Crippen molar-refractivity contribution in [3.8, 4) is 0 Å². The Morgan fingerprint density at radius 3 is 0.360 bits per heavy atom. The van der Waals surface area contributed by atoms with Crippen molar-refractivity contribution < 1.29 is 278 Å². The molecule has 0 fully saturated rings. The number of rotatable bonds is 0. The van der Waals surface area contributed by atoms with E-state index >= 15 is 0 Å².